The topological polar surface area (TPSA) is 58.2 Å². The lowest BCUT2D eigenvalue weighted by molar-refractivity contribution is 0.217. The van der Waals surface area contributed by atoms with Crippen LogP contribution in [0.1, 0.15) is 19.7 Å². The van der Waals surface area contributed by atoms with Crippen LogP contribution < -0.4 is 10.3 Å². The van der Waals surface area contributed by atoms with E-state index in [1.807, 2.05) is 0 Å². The van der Waals surface area contributed by atoms with Gasteiger partial charge in [0.2, 0.25) is 5.88 Å². The molecule has 0 saturated heterocycles. The molecule has 0 aliphatic rings. The Morgan fingerprint density at radius 2 is 2.12 bits per heavy atom. The van der Waals surface area contributed by atoms with Crippen molar-refractivity contribution in [3.63, 3.8) is 0 Å². The first-order chi connectivity index (χ1) is 7.65. The van der Waals surface area contributed by atoms with Crippen molar-refractivity contribution < 1.29 is 4.74 Å². The monoisotopic (exact) mass is 225 g/mol. The highest BCUT2D eigenvalue weighted by molar-refractivity contribution is 5.07. The zero-order chi connectivity index (χ0) is 12.0. The number of rotatable bonds is 6. The van der Waals surface area contributed by atoms with Gasteiger partial charge in [0.15, 0.2) is 0 Å². The van der Waals surface area contributed by atoms with E-state index in [0.717, 1.165) is 19.6 Å². The highest BCUT2D eigenvalue weighted by Crippen LogP contribution is 2.01. The molecule has 1 aromatic heterocycles. The van der Waals surface area contributed by atoms with Crippen molar-refractivity contribution in [2.75, 3.05) is 26.2 Å². The Bertz CT molecular complexity index is 372. The summed E-state index contributed by atoms with van der Waals surface area (Å²) in [5.41, 5.74) is -0.176. The summed E-state index contributed by atoms with van der Waals surface area (Å²) in [6.45, 7) is 9.36. The summed E-state index contributed by atoms with van der Waals surface area (Å²) < 4.78 is 5.43. The molecule has 90 valence electrons. The summed E-state index contributed by atoms with van der Waals surface area (Å²) in [4.78, 5) is 20.0. The van der Waals surface area contributed by atoms with E-state index in [4.69, 9.17) is 4.74 Å². The Balaban J connectivity index is 2.45. The molecule has 0 aliphatic carbocycles. The van der Waals surface area contributed by atoms with E-state index in [2.05, 4.69) is 28.7 Å². The molecular weight excluding hydrogens is 206 g/mol. The van der Waals surface area contributed by atoms with Gasteiger partial charge in [-0.2, -0.15) is 0 Å². The quantitative estimate of drug-likeness (QED) is 0.778. The number of aryl methyl sites for hydroxylation is 1. The van der Waals surface area contributed by atoms with Crippen LogP contribution in [-0.2, 0) is 0 Å². The molecule has 5 heteroatoms. The number of aromatic nitrogens is 2. The van der Waals surface area contributed by atoms with E-state index in [1.165, 1.54) is 6.07 Å². The van der Waals surface area contributed by atoms with Crippen LogP contribution in [0.25, 0.3) is 0 Å². The fraction of sp³-hybridized carbons (Fsp3) is 0.636. The molecule has 1 rings (SSSR count). The van der Waals surface area contributed by atoms with Crippen molar-refractivity contribution in [1.29, 1.82) is 0 Å². The molecule has 0 saturated carbocycles. The normalized spacial score (nSPS) is 10.8. The van der Waals surface area contributed by atoms with E-state index in [-0.39, 0.29) is 5.56 Å². The number of nitrogens with zero attached hydrogens (tertiary/aromatic N) is 2. The van der Waals surface area contributed by atoms with Crippen molar-refractivity contribution in [1.82, 2.24) is 14.9 Å². The summed E-state index contributed by atoms with van der Waals surface area (Å²) in [6, 6.07) is 1.37. The molecule has 0 aromatic carbocycles. The van der Waals surface area contributed by atoms with Crippen molar-refractivity contribution in [2.24, 2.45) is 0 Å². The highest BCUT2D eigenvalue weighted by Gasteiger charge is 2.01. The van der Waals surface area contributed by atoms with Gasteiger partial charge in [-0.1, -0.05) is 13.8 Å². The lowest BCUT2D eigenvalue weighted by atomic mass is 10.5. The van der Waals surface area contributed by atoms with Crippen LogP contribution in [-0.4, -0.2) is 41.1 Å². The smallest absolute Gasteiger partial charge is 0.254 e. The highest BCUT2D eigenvalue weighted by atomic mass is 16.5. The molecule has 0 aliphatic heterocycles. The van der Waals surface area contributed by atoms with Crippen molar-refractivity contribution in [3.8, 4) is 5.88 Å². The molecule has 0 spiro atoms. The number of H-pyrrole nitrogens is 1. The number of hydrogen-bond donors (Lipinski definition) is 1. The summed E-state index contributed by atoms with van der Waals surface area (Å²) in [5, 5.41) is 0. The standard InChI is InChI=1S/C11H19N3O2/c1-4-14(5-2)6-7-16-11-8-10(15)12-9(3)13-11/h8H,4-7H2,1-3H3,(H,12,13,15). The Morgan fingerprint density at radius 3 is 2.69 bits per heavy atom. The minimum Gasteiger partial charge on any atom is -0.476 e. The molecule has 0 atom stereocenters. The van der Waals surface area contributed by atoms with Crippen LogP contribution in [0, 0.1) is 6.92 Å². The fourth-order valence-electron chi connectivity index (χ4n) is 1.45. The maximum atomic E-state index is 11.1. The number of ether oxygens (including phenoxy) is 1. The number of likely N-dealkylation sites (N-methyl/N-ethyl adjacent to an activating group) is 1. The Kier molecular flexibility index (Phi) is 4.98. The predicted molar refractivity (Wildman–Crippen MR) is 62.9 cm³/mol. The van der Waals surface area contributed by atoms with Crippen molar-refractivity contribution in [3.05, 3.63) is 22.2 Å². The molecular formula is C11H19N3O2. The van der Waals surface area contributed by atoms with Crippen molar-refractivity contribution >= 4 is 0 Å². The molecule has 0 unspecified atom stereocenters. The van der Waals surface area contributed by atoms with Gasteiger partial charge >= 0.3 is 0 Å². The molecule has 0 fully saturated rings. The summed E-state index contributed by atoms with van der Waals surface area (Å²) >= 11 is 0. The van der Waals surface area contributed by atoms with Gasteiger partial charge in [0, 0.05) is 6.54 Å². The number of aromatic amines is 1. The Morgan fingerprint density at radius 1 is 1.44 bits per heavy atom. The third kappa shape index (κ3) is 4.02. The van der Waals surface area contributed by atoms with Gasteiger partial charge in [-0.25, -0.2) is 4.98 Å². The van der Waals surface area contributed by atoms with E-state index in [9.17, 15) is 4.79 Å². The van der Waals surface area contributed by atoms with Crippen LogP contribution in [0.5, 0.6) is 5.88 Å². The first-order valence-electron chi connectivity index (χ1n) is 5.58. The SMILES string of the molecule is CCN(CC)CCOc1cc(=O)[nH]c(C)n1. The van der Waals surface area contributed by atoms with Crippen LogP contribution in [0.4, 0.5) is 0 Å². The molecule has 5 nitrogen and oxygen atoms in total. The number of nitrogens with one attached hydrogen (secondary N) is 1. The van der Waals surface area contributed by atoms with E-state index >= 15 is 0 Å². The molecule has 1 heterocycles. The van der Waals surface area contributed by atoms with Gasteiger partial charge in [0.05, 0.1) is 6.07 Å². The average Bonchev–Trinajstić information content (AvgIpc) is 2.23. The maximum Gasteiger partial charge on any atom is 0.254 e. The van der Waals surface area contributed by atoms with Gasteiger partial charge in [-0.3, -0.25) is 4.79 Å². The van der Waals surface area contributed by atoms with E-state index in [1.54, 1.807) is 6.92 Å². The second kappa shape index (κ2) is 6.27. The molecule has 16 heavy (non-hydrogen) atoms. The molecule has 0 amide bonds. The maximum absolute atomic E-state index is 11.1. The van der Waals surface area contributed by atoms with E-state index < -0.39 is 0 Å². The first kappa shape index (κ1) is 12.7. The Hall–Kier alpha value is -1.36. The number of hydrogen-bond acceptors (Lipinski definition) is 4. The van der Waals surface area contributed by atoms with Crippen LogP contribution in [0.2, 0.25) is 0 Å². The van der Waals surface area contributed by atoms with Crippen LogP contribution in [0.3, 0.4) is 0 Å². The summed E-state index contributed by atoms with van der Waals surface area (Å²) in [7, 11) is 0. The van der Waals surface area contributed by atoms with Crippen LogP contribution in [0.15, 0.2) is 10.9 Å². The first-order valence-corrected chi connectivity index (χ1v) is 5.58. The molecule has 0 radical (unpaired) electrons. The van der Waals surface area contributed by atoms with Crippen molar-refractivity contribution in [2.45, 2.75) is 20.8 Å². The third-order valence-corrected chi connectivity index (χ3v) is 2.39. The Labute approximate surface area is 95.5 Å². The molecule has 0 bridgehead atoms. The fourth-order valence-corrected chi connectivity index (χ4v) is 1.45. The second-order valence-corrected chi connectivity index (χ2v) is 3.54. The third-order valence-electron chi connectivity index (χ3n) is 2.39. The summed E-state index contributed by atoms with van der Waals surface area (Å²) in [5.74, 6) is 0.971. The second-order valence-electron chi connectivity index (χ2n) is 3.54. The molecule has 1 N–H and O–H groups in total. The summed E-state index contributed by atoms with van der Waals surface area (Å²) in [6.07, 6.45) is 0. The van der Waals surface area contributed by atoms with Gasteiger partial charge in [0.1, 0.15) is 12.4 Å². The largest absolute Gasteiger partial charge is 0.476 e. The lowest BCUT2D eigenvalue weighted by Gasteiger charge is -2.17. The van der Waals surface area contributed by atoms with Gasteiger partial charge in [-0.05, 0) is 20.0 Å². The van der Waals surface area contributed by atoms with Gasteiger partial charge in [0.25, 0.3) is 5.56 Å². The lowest BCUT2D eigenvalue weighted by Crippen LogP contribution is -2.28. The van der Waals surface area contributed by atoms with Gasteiger partial charge in [-0.15, -0.1) is 0 Å². The minimum atomic E-state index is -0.176. The predicted octanol–water partition coefficient (Wildman–Crippen LogP) is 0.799. The zero-order valence-electron chi connectivity index (χ0n) is 10.1. The van der Waals surface area contributed by atoms with Crippen LogP contribution >= 0.6 is 0 Å². The average molecular weight is 225 g/mol. The zero-order valence-corrected chi connectivity index (χ0v) is 10.1. The molecule has 1 aromatic rings. The van der Waals surface area contributed by atoms with E-state index in [0.29, 0.717) is 18.3 Å². The minimum absolute atomic E-state index is 0.176. The van der Waals surface area contributed by atoms with Gasteiger partial charge < -0.3 is 14.6 Å².